The standard InChI is InChI=1S/C10H15N3O2S/c1-16-10(13-14)8(12-15-9(10)11)7-5-3-2-4-6-7/h7,11H,2-6H2,1H3. The SMILES string of the molecule is CSC1(N=O)C(=N)ON=C1C1CCCCC1. The zero-order valence-electron chi connectivity index (χ0n) is 9.23. The first-order valence-corrected chi connectivity index (χ1v) is 6.71. The average Bonchev–Trinajstić information content (AvgIpc) is 2.68. The first kappa shape index (κ1) is 11.6. The Morgan fingerprint density at radius 3 is 2.75 bits per heavy atom. The lowest BCUT2D eigenvalue weighted by molar-refractivity contribution is 0.328. The topological polar surface area (TPSA) is 74.9 Å². The van der Waals surface area contributed by atoms with Crippen molar-refractivity contribution < 1.29 is 4.84 Å². The molecule has 0 spiro atoms. The second kappa shape index (κ2) is 4.53. The minimum Gasteiger partial charge on any atom is -0.337 e. The predicted octanol–water partition coefficient (Wildman–Crippen LogP) is 2.76. The van der Waals surface area contributed by atoms with Crippen molar-refractivity contribution in [1.29, 1.82) is 5.41 Å². The summed E-state index contributed by atoms with van der Waals surface area (Å²) < 4.78 is 0. The van der Waals surface area contributed by atoms with Gasteiger partial charge in [-0.25, -0.2) is 0 Å². The van der Waals surface area contributed by atoms with Gasteiger partial charge in [-0.15, -0.1) is 16.7 Å². The molecule has 1 N–H and O–H groups in total. The third-order valence-electron chi connectivity index (χ3n) is 3.31. The van der Waals surface area contributed by atoms with Gasteiger partial charge >= 0.3 is 0 Å². The quantitative estimate of drug-likeness (QED) is 0.772. The van der Waals surface area contributed by atoms with Gasteiger partial charge in [0.05, 0.1) is 0 Å². The molecule has 1 fully saturated rings. The van der Waals surface area contributed by atoms with Crippen LogP contribution >= 0.6 is 11.8 Å². The third-order valence-corrected chi connectivity index (χ3v) is 4.37. The van der Waals surface area contributed by atoms with Gasteiger partial charge in [-0.1, -0.05) is 24.4 Å². The van der Waals surface area contributed by atoms with Crippen LogP contribution in [0.5, 0.6) is 0 Å². The summed E-state index contributed by atoms with van der Waals surface area (Å²) >= 11 is 1.23. The summed E-state index contributed by atoms with van der Waals surface area (Å²) in [6, 6.07) is 0. The molecule has 1 saturated carbocycles. The molecule has 1 unspecified atom stereocenters. The number of nitrogens with one attached hydrogen (secondary N) is 1. The molecular formula is C10H15N3O2S. The molecular weight excluding hydrogens is 226 g/mol. The van der Waals surface area contributed by atoms with Crippen LogP contribution in [0.2, 0.25) is 0 Å². The zero-order chi connectivity index (χ0) is 11.6. The molecule has 1 aliphatic carbocycles. The molecule has 0 aromatic carbocycles. The predicted molar refractivity (Wildman–Crippen MR) is 64.9 cm³/mol. The van der Waals surface area contributed by atoms with E-state index < -0.39 is 4.87 Å². The van der Waals surface area contributed by atoms with Gasteiger partial charge in [-0.05, 0) is 24.3 Å². The zero-order valence-corrected chi connectivity index (χ0v) is 10.0. The molecule has 88 valence electrons. The number of nitrogens with zero attached hydrogens (tertiary/aromatic N) is 2. The smallest absolute Gasteiger partial charge is 0.266 e. The van der Waals surface area contributed by atoms with E-state index in [9.17, 15) is 4.91 Å². The molecule has 1 aliphatic heterocycles. The number of nitroso groups, excluding NO2 is 1. The highest BCUT2D eigenvalue weighted by molar-refractivity contribution is 8.01. The van der Waals surface area contributed by atoms with Crippen LogP contribution in [0.4, 0.5) is 0 Å². The van der Waals surface area contributed by atoms with Crippen molar-refractivity contribution >= 4 is 23.4 Å². The summed E-state index contributed by atoms with van der Waals surface area (Å²) in [5.74, 6) is 0.109. The molecule has 0 radical (unpaired) electrons. The maximum absolute atomic E-state index is 11.1. The highest BCUT2D eigenvalue weighted by Gasteiger charge is 2.51. The fraction of sp³-hybridized carbons (Fsp3) is 0.800. The number of thioether (sulfide) groups is 1. The summed E-state index contributed by atoms with van der Waals surface area (Å²) in [5, 5.41) is 14.7. The normalized spacial score (nSPS) is 31.1. The third kappa shape index (κ3) is 1.65. The Bertz CT molecular complexity index is 339. The van der Waals surface area contributed by atoms with E-state index in [-0.39, 0.29) is 11.8 Å². The summed E-state index contributed by atoms with van der Waals surface area (Å²) in [7, 11) is 0. The van der Waals surface area contributed by atoms with E-state index in [0.717, 1.165) is 25.7 Å². The van der Waals surface area contributed by atoms with Gasteiger partial charge in [-0.3, -0.25) is 5.41 Å². The Labute approximate surface area is 98.5 Å². The molecule has 0 bridgehead atoms. The molecule has 0 saturated heterocycles. The number of oxime groups is 1. The number of hydrogen-bond acceptors (Lipinski definition) is 6. The molecule has 5 nitrogen and oxygen atoms in total. The molecule has 2 rings (SSSR count). The molecule has 0 aromatic heterocycles. The fourth-order valence-electron chi connectivity index (χ4n) is 2.38. The monoisotopic (exact) mass is 241 g/mol. The van der Waals surface area contributed by atoms with Crippen molar-refractivity contribution in [2.24, 2.45) is 16.3 Å². The lowest BCUT2D eigenvalue weighted by atomic mass is 9.83. The Hall–Kier alpha value is -0.910. The van der Waals surface area contributed by atoms with Crippen LogP contribution in [0.15, 0.2) is 10.3 Å². The Kier molecular flexibility index (Phi) is 3.28. The second-order valence-electron chi connectivity index (χ2n) is 4.17. The van der Waals surface area contributed by atoms with Gasteiger partial charge in [0.1, 0.15) is 5.71 Å². The maximum atomic E-state index is 11.1. The second-order valence-corrected chi connectivity index (χ2v) is 5.17. The summed E-state index contributed by atoms with van der Waals surface area (Å²) in [5.41, 5.74) is 0.653. The highest BCUT2D eigenvalue weighted by Crippen LogP contribution is 2.39. The molecule has 16 heavy (non-hydrogen) atoms. The van der Waals surface area contributed by atoms with Crippen molar-refractivity contribution in [2.75, 3.05) is 6.26 Å². The van der Waals surface area contributed by atoms with Crippen LogP contribution in [-0.2, 0) is 4.84 Å². The van der Waals surface area contributed by atoms with Gasteiger partial charge in [0.15, 0.2) is 0 Å². The van der Waals surface area contributed by atoms with Crippen molar-refractivity contribution in [3.05, 3.63) is 4.91 Å². The van der Waals surface area contributed by atoms with Crippen molar-refractivity contribution in [2.45, 2.75) is 37.0 Å². The maximum Gasteiger partial charge on any atom is 0.266 e. The largest absolute Gasteiger partial charge is 0.337 e. The van der Waals surface area contributed by atoms with E-state index in [2.05, 4.69) is 10.3 Å². The van der Waals surface area contributed by atoms with E-state index in [0.29, 0.717) is 5.71 Å². The number of rotatable bonds is 3. The molecule has 0 amide bonds. The molecule has 6 heteroatoms. The van der Waals surface area contributed by atoms with Crippen LogP contribution in [0.1, 0.15) is 32.1 Å². The van der Waals surface area contributed by atoms with Crippen LogP contribution < -0.4 is 0 Å². The van der Waals surface area contributed by atoms with E-state index in [1.165, 1.54) is 18.2 Å². The summed E-state index contributed by atoms with van der Waals surface area (Å²) in [4.78, 5) is 14.7. The van der Waals surface area contributed by atoms with Crippen LogP contribution in [0.25, 0.3) is 0 Å². The van der Waals surface area contributed by atoms with E-state index in [1.807, 2.05) is 0 Å². The van der Waals surface area contributed by atoms with Crippen molar-refractivity contribution in [3.63, 3.8) is 0 Å². The Morgan fingerprint density at radius 1 is 1.50 bits per heavy atom. The van der Waals surface area contributed by atoms with Gasteiger partial charge in [0.2, 0.25) is 0 Å². The van der Waals surface area contributed by atoms with Crippen molar-refractivity contribution in [1.82, 2.24) is 0 Å². The van der Waals surface area contributed by atoms with Gasteiger partial charge < -0.3 is 4.84 Å². The van der Waals surface area contributed by atoms with Crippen LogP contribution in [0.3, 0.4) is 0 Å². The summed E-state index contributed by atoms with van der Waals surface area (Å²) in [6.45, 7) is 0. The lowest BCUT2D eigenvalue weighted by Gasteiger charge is -2.26. The lowest BCUT2D eigenvalue weighted by Crippen LogP contribution is -2.41. The van der Waals surface area contributed by atoms with E-state index in [4.69, 9.17) is 10.2 Å². The number of hydrogen-bond donors (Lipinski definition) is 1. The van der Waals surface area contributed by atoms with Gasteiger partial charge in [0, 0.05) is 5.92 Å². The van der Waals surface area contributed by atoms with Crippen molar-refractivity contribution in [3.8, 4) is 0 Å². The van der Waals surface area contributed by atoms with E-state index >= 15 is 0 Å². The Morgan fingerprint density at radius 2 is 2.19 bits per heavy atom. The van der Waals surface area contributed by atoms with Gasteiger partial charge in [-0.2, -0.15) is 0 Å². The van der Waals surface area contributed by atoms with Crippen LogP contribution in [0, 0.1) is 16.2 Å². The molecule has 0 aromatic rings. The first-order chi connectivity index (χ1) is 7.74. The molecule has 2 aliphatic rings. The minimum atomic E-state index is -1.19. The van der Waals surface area contributed by atoms with Crippen LogP contribution in [-0.4, -0.2) is 22.7 Å². The first-order valence-electron chi connectivity index (χ1n) is 5.48. The minimum absolute atomic E-state index is 0.143. The average molecular weight is 241 g/mol. The summed E-state index contributed by atoms with van der Waals surface area (Å²) in [6.07, 6.45) is 7.35. The van der Waals surface area contributed by atoms with E-state index in [1.54, 1.807) is 6.26 Å². The molecule has 1 atom stereocenters. The highest BCUT2D eigenvalue weighted by atomic mass is 32.2. The Balaban J connectivity index is 2.25. The van der Waals surface area contributed by atoms with Gasteiger partial charge in [0.25, 0.3) is 10.8 Å². The fourth-order valence-corrected chi connectivity index (χ4v) is 3.10. The molecule has 1 heterocycles.